The van der Waals surface area contributed by atoms with E-state index in [-0.39, 0.29) is 17.3 Å². The fourth-order valence-corrected chi connectivity index (χ4v) is 2.54. The van der Waals surface area contributed by atoms with Crippen molar-refractivity contribution in [3.8, 4) is 0 Å². The molecule has 1 fully saturated rings. The fraction of sp³-hybridized carbons (Fsp3) is 0.556. The van der Waals surface area contributed by atoms with Gasteiger partial charge in [0.05, 0.1) is 12.3 Å². The van der Waals surface area contributed by atoms with Crippen LogP contribution in [-0.4, -0.2) is 27.9 Å². The van der Waals surface area contributed by atoms with E-state index in [2.05, 4.69) is 9.97 Å². The molecule has 0 radical (unpaired) electrons. The third-order valence-corrected chi connectivity index (χ3v) is 3.73. The van der Waals surface area contributed by atoms with Gasteiger partial charge in [0.1, 0.15) is 5.03 Å². The average Bonchev–Trinajstić information content (AvgIpc) is 2.58. The van der Waals surface area contributed by atoms with Gasteiger partial charge in [0.15, 0.2) is 5.82 Å². The van der Waals surface area contributed by atoms with Gasteiger partial charge in [-0.3, -0.25) is 0 Å². The smallest absolute Gasteiger partial charge is 0.221 e. The molecular formula is C9H12FN3OS. The lowest BCUT2D eigenvalue weighted by Gasteiger charge is -2.12. The molecule has 15 heavy (non-hydrogen) atoms. The molecule has 2 unspecified atom stereocenters. The van der Waals surface area contributed by atoms with Crippen molar-refractivity contribution in [2.24, 2.45) is 0 Å². The first-order valence-electron chi connectivity index (χ1n) is 4.73. The molecule has 0 saturated carbocycles. The van der Waals surface area contributed by atoms with Gasteiger partial charge in [-0.05, 0) is 13.3 Å². The van der Waals surface area contributed by atoms with Gasteiger partial charge in [0, 0.05) is 11.9 Å². The maximum Gasteiger partial charge on any atom is 0.221 e. The van der Waals surface area contributed by atoms with E-state index in [1.54, 1.807) is 0 Å². The van der Waals surface area contributed by atoms with Gasteiger partial charge in [0.2, 0.25) is 5.95 Å². The highest BCUT2D eigenvalue weighted by molar-refractivity contribution is 7.99. The van der Waals surface area contributed by atoms with E-state index in [9.17, 15) is 4.39 Å². The predicted molar refractivity (Wildman–Crippen MR) is 56.1 cm³/mol. The summed E-state index contributed by atoms with van der Waals surface area (Å²) in [5, 5.41) is 0.554. The lowest BCUT2D eigenvalue weighted by molar-refractivity contribution is 0.127. The summed E-state index contributed by atoms with van der Waals surface area (Å²) in [7, 11) is 0. The second-order valence-corrected chi connectivity index (χ2v) is 4.63. The Morgan fingerprint density at radius 3 is 3.13 bits per heavy atom. The Morgan fingerprint density at radius 1 is 1.67 bits per heavy atom. The molecule has 1 aromatic heterocycles. The van der Waals surface area contributed by atoms with Gasteiger partial charge in [0.25, 0.3) is 0 Å². The number of hydrogen-bond acceptors (Lipinski definition) is 5. The maximum atomic E-state index is 13.3. The van der Waals surface area contributed by atoms with Crippen molar-refractivity contribution in [2.45, 2.75) is 29.7 Å². The lowest BCUT2D eigenvalue weighted by atomic mass is 10.3. The fourth-order valence-electron chi connectivity index (χ4n) is 1.46. The van der Waals surface area contributed by atoms with Crippen LogP contribution in [0.5, 0.6) is 0 Å². The second kappa shape index (κ2) is 4.32. The van der Waals surface area contributed by atoms with Crippen LogP contribution in [0.2, 0.25) is 0 Å². The first-order chi connectivity index (χ1) is 7.16. The minimum Gasteiger partial charge on any atom is -0.377 e. The monoisotopic (exact) mass is 229 g/mol. The van der Waals surface area contributed by atoms with Crippen LogP contribution in [-0.2, 0) is 4.74 Å². The number of nitrogens with zero attached hydrogens (tertiary/aromatic N) is 2. The van der Waals surface area contributed by atoms with E-state index < -0.39 is 5.82 Å². The molecule has 0 aliphatic carbocycles. The molecule has 4 nitrogen and oxygen atoms in total. The van der Waals surface area contributed by atoms with Crippen LogP contribution >= 0.6 is 11.8 Å². The Hall–Kier alpha value is -0.880. The summed E-state index contributed by atoms with van der Waals surface area (Å²) in [4.78, 5) is 7.45. The number of nitrogens with two attached hydrogens (primary N) is 1. The number of anilines is 1. The third kappa shape index (κ3) is 2.38. The summed E-state index contributed by atoms with van der Waals surface area (Å²) in [5.74, 6) is -0.321. The Balaban J connectivity index is 2.12. The minimum atomic E-state index is -0.423. The van der Waals surface area contributed by atoms with Crippen molar-refractivity contribution >= 4 is 17.7 Å². The van der Waals surface area contributed by atoms with Gasteiger partial charge in [-0.2, -0.15) is 0 Å². The summed E-state index contributed by atoms with van der Waals surface area (Å²) < 4.78 is 18.7. The van der Waals surface area contributed by atoms with E-state index in [4.69, 9.17) is 10.5 Å². The zero-order valence-electron chi connectivity index (χ0n) is 8.31. The summed E-state index contributed by atoms with van der Waals surface area (Å²) >= 11 is 1.37. The Labute approximate surface area is 91.4 Å². The van der Waals surface area contributed by atoms with Crippen molar-refractivity contribution in [1.29, 1.82) is 0 Å². The molecule has 1 aromatic rings. The second-order valence-electron chi connectivity index (χ2n) is 3.40. The van der Waals surface area contributed by atoms with Crippen molar-refractivity contribution in [3.05, 3.63) is 12.0 Å². The van der Waals surface area contributed by atoms with Gasteiger partial charge < -0.3 is 10.5 Å². The number of rotatable bonds is 2. The molecule has 82 valence electrons. The molecule has 2 heterocycles. The topological polar surface area (TPSA) is 61.0 Å². The predicted octanol–water partition coefficient (Wildman–Crippen LogP) is 1.47. The summed E-state index contributed by atoms with van der Waals surface area (Å²) in [6.07, 6.45) is 2.14. The van der Waals surface area contributed by atoms with Crippen molar-refractivity contribution in [2.75, 3.05) is 12.3 Å². The number of ether oxygens (including phenoxy) is 1. The molecule has 1 aliphatic heterocycles. The zero-order chi connectivity index (χ0) is 10.8. The molecule has 2 rings (SSSR count). The van der Waals surface area contributed by atoms with Crippen LogP contribution in [0.3, 0.4) is 0 Å². The van der Waals surface area contributed by atoms with Gasteiger partial charge >= 0.3 is 0 Å². The van der Waals surface area contributed by atoms with Crippen LogP contribution in [0, 0.1) is 5.82 Å². The van der Waals surface area contributed by atoms with Crippen molar-refractivity contribution in [1.82, 2.24) is 9.97 Å². The van der Waals surface area contributed by atoms with Gasteiger partial charge in [-0.1, -0.05) is 11.8 Å². The van der Waals surface area contributed by atoms with Crippen LogP contribution in [0.25, 0.3) is 0 Å². The maximum absolute atomic E-state index is 13.3. The first-order valence-corrected chi connectivity index (χ1v) is 5.61. The molecule has 6 heteroatoms. The van der Waals surface area contributed by atoms with Crippen LogP contribution < -0.4 is 5.73 Å². The van der Waals surface area contributed by atoms with E-state index in [0.29, 0.717) is 5.03 Å². The average molecular weight is 229 g/mol. The van der Waals surface area contributed by atoms with Crippen molar-refractivity contribution in [3.63, 3.8) is 0 Å². The van der Waals surface area contributed by atoms with E-state index >= 15 is 0 Å². The number of nitrogen functional groups attached to an aromatic ring is 1. The summed E-state index contributed by atoms with van der Waals surface area (Å²) in [5.41, 5.74) is 5.40. The van der Waals surface area contributed by atoms with Gasteiger partial charge in [-0.15, -0.1) is 0 Å². The molecule has 0 aromatic carbocycles. The third-order valence-electron chi connectivity index (χ3n) is 2.30. The van der Waals surface area contributed by atoms with Crippen LogP contribution in [0.1, 0.15) is 13.3 Å². The molecule has 0 bridgehead atoms. The number of hydrogen-bond donors (Lipinski definition) is 1. The Morgan fingerprint density at radius 2 is 2.47 bits per heavy atom. The molecular weight excluding hydrogens is 217 g/mol. The molecule has 0 amide bonds. The van der Waals surface area contributed by atoms with E-state index in [1.807, 2.05) is 6.92 Å². The van der Waals surface area contributed by atoms with Gasteiger partial charge in [-0.25, -0.2) is 14.4 Å². The highest BCUT2D eigenvalue weighted by Gasteiger charge is 2.26. The molecule has 2 atom stereocenters. The summed E-state index contributed by atoms with van der Waals surface area (Å²) in [6, 6.07) is 0. The van der Waals surface area contributed by atoms with E-state index in [1.165, 1.54) is 11.8 Å². The standard InChI is InChI=1S/C9H12FN3OS/c1-5-7(2-3-14-5)15-8-6(10)4-12-9(11)13-8/h4-5,7H,2-3H2,1H3,(H2,11,12,13). The first kappa shape index (κ1) is 10.6. The largest absolute Gasteiger partial charge is 0.377 e. The summed E-state index contributed by atoms with van der Waals surface area (Å²) in [6.45, 7) is 2.70. The number of halogens is 1. The SMILES string of the molecule is CC1OCCC1Sc1nc(N)ncc1F. The van der Waals surface area contributed by atoms with Crippen LogP contribution in [0.15, 0.2) is 11.2 Å². The van der Waals surface area contributed by atoms with E-state index in [0.717, 1.165) is 19.2 Å². The van der Waals surface area contributed by atoms with Crippen LogP contribution in [0.4, 0.5) is 10.3 Å². The number of aromatic nitrogens is 2. The highest BCUT2D eigenvalue weighted by Crippen LogP contribution is 2.32. The molecule has 2 N–H and O–H groups in total. The molecule has 1 saturated heterocycles. The molecule has 0 spiro atoms. The van der Waals surface area contributed by atoms with Crippen molar-refractivity contribution < 1.29 is 9.13 Å². The zero-order valence-corrected chi connectivity index (χ0v) is 9.13. The minimum absolute atomic E-state index is 0.102. The molecule has 1 aliphatic rings. The highest BCUT2D eigenvalue weighted by atomic mass is 32.2. The quantitative estimate of drug-likeness (QED) is 0.778. The number of thioether (sulfide) groups is 1. The Bertz CT molecular complexity index is 363. The lowest BCUT2D eigenvalue weighted by Crippen LogP contribution is -2.14. The normalized spacial score (nSPS) is 25.7. The Kier molecular flexibility index (Phi) is 3.06.